The number of esters is 1. The molecule has 0 radical (unpaired) electrons. The normalized spacial score (nSPS) is 10.6. The first-order valence-corrected chi connectivity index (χ1v) is 9.33. The number of hydrogen-bond donors (Lipinski definition) is 1. The van der Waals surface area contributed by atoms with E-state index in [1.54, 1.807) is 45.3 Å². The molecule has 8 nitrogen and oxygen atoms in total. The minimum Gasteiger partial charge on any atom is -0.465 e. The van der Waals surface area contributed by atoms with Crippen molar-refractivity contribution in [1.29, 1.82) is 0 Å². The largest absolute Gasteiger partial charge is 0.465 e. The first kappa shape index (κ1) is 20.3. The van der Waals surface area contributed by atoms with Crippen molar-refractivity contribution >= 4 is 45.1 Å². The second kappa shape index (κ2) is 7.88. The van der Waals surface area contributed by atoms with Gasteiger partial charge in [0.05, 0.1) is 17.6 Å². The molecule has 150 valence electrons. The van der Waals surface area contributed by atoms with Crippen molar-refractivity contribution < 1.29 is 23.5 Å². The van der Waals surface area contributed by atoms with Gasteiger partial charge in [0.15, 0.2) is 0 Å². The summed E-state index contributed by atoms with van der Waals surface area (Å²) in [5.41, 5.74) is -0.206. The Morgan fingerprint density at radius 2 is 1.86 bits per heavy atom. The summed E-state index contributed by atoms with van der Waals surface area (Å²) in [7, 11) is 4.37. The summed E-state index contributed by atoms with van der Waals surface area (Å²) >= 11 is 0.942. The number of nitrogens with one attached hydrogen (secondary N) is 1. The Kier molecular flexibility index (Phi) is 5.51. The number of thiophene rings is 1. The highest BCUT2D eigenvalue weighted by molar-refractivity contribution is 7.18. The topological polar surface area (TPSA) is 106 Å². The van der Waals surface area contributed by atoms with Crippen LogP contribution < -0.4 is 10.9 Å². The second-order valence-electron chi connectivity index (χ2n) is 6.39. The molecule has 0 saturated heterocycles. The van der Waals surface area contributed by atoms with Crippen LogP contribution in [-0.2, 0) is 4.74 Å². The van der Waals surface area contributed by atoms with Crippen LogP contribution in [0.2, 0.25) is 0 Å². The number of methoxy groups -OCH3 is 1. The summed E-state index contributed by atoms with van der Waals surface area (Å²) in [6, 6.07) is 8.21. The average molecular weight is 414 g/mol. The Hall–Kier alpha value is -3.46. The van der Waals surface area contributed by atoms with E-state index in [0.717, 1.165) is 11.3 Å². The van der Waals surface area contributed by atoms with Gasteiger partial charge in [-0.1, -0.05) is 18.2 Å². The van der Waals surface area contributed by atoms with E-state index in [2.05, 4.69) is 5.32 Å². The Morgan fingerprint density at radius 3 is 2.52 bits per heavy atom. The second-order valence-corrected chi connectivity index (χ2v) is 7.41. The van der Waals surface area contributed by atoms with Crippen molar-refractivity contribution in [2.75, 3.05) is 26.5 Å². The number of amides is 2. The molecule has 29 heavy (non-hydrogen) atoms. The van der Waals surface area contributed by atoms with Gasteiger partial charge in [-0.15, -0.1) is 11.3 Å². The van der Waals surface area contributed by atoms with Crippen molar-refractivity contribution in [2.45, 2.75) is 6.92 Å². The standard InChI is InChI=1S/C20H18N2O6S/c1-10-14(20(26)27-4)17(29-15(10)18(24)22(2)3)21-16(23)12-9-11-7-5-6-8-13(11)28-19(12)25/h5-9H,1-4H3,(H,21,23). The third-order valence-corrected chi connectivity index (χ3v) is 5.45. The fraction of sp³-hybridized carbons (Fsp3) is 0.200. The molecule has 1 aromatic carbocycles. The number of carbonyl (C=O) groups excluding carboxylic acids is 3. The smallest absolute Gasteiger partial charge is 0.349 e. The van der Waals surface area contributed by atoms with Crippen LogP contribution in [0.1, 0.15) is 36.0 Å². The van der Waals surface area contributed by atoms with E-state index in [-0.39, 0.29) is 26.9 Å². The quantitative estimate of drug-likeness (QED) is 0.520. The predicted molar refractivity (Wildman–Crippen MR) is 109 cm³/mol. The fourth-order valence-corrected chi connectivity index (χ4v) is 3.96. The molecule has 0 unspecified atom stereocenters. The van der Waals surface area contributed by atoms with Crippen molar-refractivity contribution in [1.82, 2.24) is 4.90 Å². The number of anilines is 1. The van der Waals surface area contributed by atoms with E-state index >= 15 is 0 Å². The lowest BCUT2D eigenvalue weighted by Crippen LogP contribution is -2.21. The average Bonchev–Trinajstić information content (AvgIpc) is 3.01. The summed E-state index contributed by atoms with van der Waals surface area (Å²) in [6.45, 7) is 1.60. The summed E-state index contributed by atoms with van der Waals surface area (Å²) in [5, 5.41) is 3.25. The number of benzene rings is 1. The molecule has 9 heteroatoms. The first-order chi connectivity index (χ1) is 13.7. The minimum absolute atomic E-state index is 0.0706. The Labute approximate surface area is 169 Å². The number of ether oxygens (including phenoxy) is 1. The zero-order valence-corrected chi connectivity index (χ0v) is 17.0. The van der Waals surface area contributed by atoms with Crippen LogP contribution >= 0.6 is 11.3 Å². The molecule has 3 rings (SSSR count). The van der Waals surface area contributed by atoms with Crippen molar-refractivity contribution in [3.63, 3.8) is 0 Å². The van der Waals surface area contributed by atoms with Gasteiger partial charge in [-0.2, -0.15) is 0 Å². The third-order valence-electron chi connectivity index (χ3n) is 4.25. The Balaban J connectivity index is 2.05. The molecule has 2 aromatic heterocycles. The van der Waals surface area contributed by atoms with E-state index in [4.69, 9.17) is 9.15 Å². The van der Waals surface area contributed by atoms with Gasteiger partial charge in [0.2, 0.25) is 0 Å². The maximum Gasteiger partial charge on any atom is 0.349 e. The molecule has 0 aliphatic carbocycles. The summed E-state index contributed by atoms with van der Waals surface area (Å²) < 4.78 is 9.97. The lowest BCUT2D eigenvalue weighted by Gasteiger charge is -2.08. The van der Waals surface area contributed by atoms with Gasteiger partial charge in [-0.25, -0.2) is 9.59 Å². The van der Waals surface area contributed by atoms with Gasteiger partial charge < -0.3 is 19.4 Å². The van der Waals surface area contributed by atoms with Crippen LogP contribution in [0.3, 0.4) is 0 Å². The number of carbonyl (C=O) groups is 3. The van der Waals surface area contributed by atoms with E-state index in [0.29, 0.717) is 16.5 Å². The first-order valence-electron chi connectivity index (χ1n) is 8.52. The van der Waals surface area contributed by atoms with Crippen LogP contribution in [0.15, 0.2) is 39.5 Å². The fourth-order valence-electron chi connectivity index (χ4n) is 2.75. The highest BCUT2D eigenvalue weighted by Crippen LogP contribution is 2.34. The number of para-hydroxylation sites is 1. The molecule has 0 saturated carbocycles. The van der Waals surface area contributed by atoms with Crippen molar-refractivity contribution in [2.24, 2.45) is 0 Å². The van der Waals surface area contributed by atoms with Crippen LogP contribution in [-0.4, -0.2) is 43.9 Å². The SMILES string of the molecule is COC(=O)c1c(NC(=O)c2cc3ccccc3oc2=O)sc(C(=O)N(C)C)c1C. The van der Waals surface area contributed by atoms with Gasteiger partial charge in [0, 0.05) is 19.5 Å². The highest BCUT2D eigenvalue weighted by Gasteiger charge is 2.27. The lowest BCUT2D eigenvalue weighted by molar-refractivity contribution is 0.0601. The molecular formula is C20H18N2O6S. The molecule has 2 amide bonds. The molecule has 1 N–H and O–H groups in total. The maximum absolute atomic E-state index is 12.8. The van der Waals surface area contributed by atoms with Crippen LogP contribution in [0, 0.1) is 6.92 Å². The Morgan fingerprint density at radius 1 is 1.17 bits per heavy atom. The molecular weight excluding hydrogens is 396 g/mol. The van der Waals surface area contributed by atoms with E-state index in [1.165, 1.54) is 18.1 Å². The summed E-state index contributed by atoms with van der Waals surface area (Å²) in [4.78, 5) is 51.3. The van der Waals surface area contributed by atoms with Gasteiger partial charge in [-0.05, 0) is 24.6 Å². The van der Waals surface area contributed by atoms with Crippen molar-refractivity contribution in [3.05, 3.63) is 62.3 Å². The summed E-state index contributed by atoms with van der Waals surface area (Å²) in [5.74, 6) is -1.76. The monoisotopic (exact) mass is 414 g/mol. The molecule has 0 spiro atoms. The molecule has 0 aliphatic rings. The van der Waals surface area contributed by atoms with Gasteiger partial charge in [-0.3, -0.25) is 9.59 Å². The molecule has 0 fully saturated rings. The number of nitrogens with zero attached hydrogens (tertiary/aromatic N) is 1. The molecule has 2 heterocycles. The predicted octanol–water partition coefficient (Wildman–Crippen LogP) is 2.90. The van der Waals surface area contributed by atoms with Gasteiger partial charge in [0.1, 0.15) is 16.1 Å². The lowest BCUT2D eigenvalue weighted by atomic mass is 10.1. The third kappa shape index (κ3) is 3.77. The minimum atomic E-state index is -0.807. The zero-order valence-electron chi connectivity index (χ0n) is 16.2. The van der Waals surface area contributed by atoms with Gasteiger partial charge >= 0.3 is 11.6 Å². The van der Waals surface area contributed by atoms with E-state index in [1.807, 2.05) is 0 Å². The van der Waals surface area contributed by atoms with Crippen LogP contribution in [0.5, 0.6) is 0 Å². The maximum atomic E-state index is 12.8. The summed E-state index contributed by atoms with van der Waals surface area (Å²) in [6.07, 6.45) is 0. The van der Waals surface area contributed by atoms with Crippen molar-refractivity contribution in [3.8, 4) is 0 Å². The molecule has 0 aliphatic heterocycles. The molecule has 0 atom stereocenters. The van der Waals surface area contributed by atoms with Crippen LogP contribution in [0.25, 0.3) is 11.0 Å². The molecule has 3 aromatic rings. The Bertz CT molecular complexity index is 1190. The number of fused-ring (bicyclic) bond motifs is 1. The number of rotatable bonds is 4. The van der Waals surface area contributed by atoms with Crippen LogP contribution in [0.4, 0.5) is 5.00 Å². The van der Waals surface area contributed by atoms with Gasteiger partial charge in [0.25, 0.3) is 11.8 Å². The highest BCUT2D eigenvalue weighted by atomic mass is 32.1. The molecule has 0 bridgehead atoms. The number of hydrogen-bond acceptors (Lipinski definition) is 7. The van der Waals surface area contributed by atoms with E-state index in [9.17, 15) is 19.2 Å². The zero-order chi connectivity index (χ0) is 21.3. The van der Waals surface area contributed by atoms with E-state index < -0.39 is 17.5 Å².